The van der Waals surface area contributed by atoms with Gasteiger partial charge in [0.05, 0.1) is 16.1 Å². The Kier molecular flexibility index (Phi) is 2.97. The minimum atomic E-state index is -0.460. The second-order valence-electron chi connectivity index (χ2n) is 4.20. The predicted octanol–water partition coefficient (Wildman–Crippen LogP) is 3.48. The maximum Gasteiger partial charge on any atom is 0.142 e. The number of para-hydroxylation sites is 1. The number of halogens is 2. The van der Waals surface area contributed by atoms with Gasteiger partial charge < -0.3 is 10.7 Å². The van der Waals surface area contributed by atoms with E-state index in [0.717, 1.165) is 16.6 Å². The van der Waals surface area contributed by atoms with Crippen molar-refractivity contribution in [1.29, 1.82) is 0 Å². The average molecular weight is 276 g/mol. The Morgan fingerprint density at radius 2 is 2.00 bits per heavy atom. The molecule has 3 nitrogen and oxygen atoms in total. The maximum absolute atomic E-state index is 13.5. The molecule has 5 heteroatoms. The monoisotopic (exact) mass is 275 g/mol. The molecule has 3 N–H and O–H groups in total. The molecule has 0 aliphatic carbocycles. The van der Waals surface area contributed by atoms with Crippen LogP contribution >= 0.6 is 11.6 Å². The molecular weight excluding hydrogens is 265 g/mol. The van der Waals surface area contributed by atoms with Gasteiger partial charge in [-0.2, -0.15) is 0 Å². The van der Waals surface area contributed by atoms with Gasteiger partial charge in [-0.1, -0.05) is 29.8 Å². The normalized spacial score (nSPS) is 11.1. The Labute approximate surface area is 114 Å². The molecule has 0 saturated heterocycles. The fourth-order valence-electron chi connectivity index (χ4n) is 2.07. The van der Waals surface area contributed by atoms with Gasteiger partial charge in [-0.15, -0.1) is 0 Å². The summed E-state index contributed by atoms with van der Waals surface area (Å²) in [6.07, 6.45) is 0. The molecule has 96 valence electrons. The summed E-state index contributed by atoms with van der Waals surface area (Å²) in [7, 11) is 0. The topological polar surface area (TPSA) is 54.7 Å². The minimum absolute atomic E-state index is 0.0656. The van der Waals surface area contributed by atoms with E-state index in [0.29, 0.717) is 17.9 Å². The summed E-state index contributed by atoms with van der Waals surface area (Å²) in [5.74, 6) is 0.0825. The van der Waals surface area contributed by atoms with Crippen LogP contribution in [0, 0.1) is 5.82 Å². The van der Waals surface area contributed by atoms with Gasteiger partial charge in [0.15, 0.2) is 0 Å². The van der Waals surface area contributed by atoms with Gasteiger partial charge >= 0.3 is 0 Å². The van der Waals surface area contributed by atoms with E-state index < -0.39 is 5.82 Å². The van der Waals surface area contributed by atoms with Crippen molar-refractivity contribution in [2.75, 3.05) is 0 Å². The van der Waals surface area contributed by atoms with Crippen LogP contribution in [0.2, 0.25) is 5.02 Å². The third-order valence-electron chi connectivity index (χ3n) is 3.02. The molecule has 1 aromatic heterocycles. The first-order chi connectivity index (χ1) is 9.20. The number of aromatic nitrogens is 2. The second kappa shape index (κ2) is 4.64. The van der Waals surface area contributed by atoms with Crippen LogP contribution < -0.4 is 5.73 Å². The number of nitrogens with zero attached hydrogens (tertiary/aromatic N) is 1. The lowest BCUT2D eigenvalue weighted by Crippen LogP contribution is -1.96. The summed E-state index contributed by atoms with van der Waals surface area (Å²) in [6.45, 7) is 0.401. The number of H-pyrrole nitrogens is 1. The average Bonchev–Trinajstić information content (AvgIpc) is 2.85. The summed E-state index contributed by atoms with van der Waals surface area (Å²) in [5.41, 5.74) is 8.81. The fraction of sp³-hybridized carbons (Fsp3) is 0.0714. The lowest BCUT2D eigenvalue weighted by atomic mass is 10.2. The molecule has 19 heavy (non-hydrogen) atoms. The molecule has 0 bridgehead atoms. The van der Waals surface area contributed by atoms with Crippen molar-refractivity contribution in [1.82, 2.24) is 9.97 Å². The molecule has 0 atom stereocenters. The molecule has 0 spiro atoms. The Bertz CT molecular complexity index is 752. The summed E-state index contributed by atoms with van der Waals surface area (Å²) in [5, 5.41) is 0.0656. The second-order valence-corrected chi connectivity index (χ2v) is 4.58. The largest absolute Gasteiger partial charge is 0.338 e. The van der Waals surface area contributed by atoms with Gasteiger partial charge in [-0.05, 0) is 23.8 Å². The van der Waals surface area contributed by atoms with Crippen LogP contribution in [-0.2, 0) is 6.54 Å². The van der Waals surface area contributed by atoms with Crippen molar-refractivity contribution in [2.45, 2.75) is 6.54 Å². The number of nitrogens with two attached hydrogens (primary N) is 1. The maximum atomic E-state index is 13.5. The molecule has 0 radical (unpaired) electrons. The molecular formula is C14H11ClFN3. The smallest absolute Gasteiger partial charge is 0.142 e. The van der Waals surface area contributed by atoms with Crippen molar-refractivity contribution in [2.24, 2.45) is 5.73 Å². The predicted molar refractivity (Wildman–Crippen MR) is 74.4 cm³/mol. The van der Waals surface area contributed by atoms with Crippen LogP contribution in [0.25, 0.3) is 22.4 Å². The lowest BCUT2D eigenvalue weighted by Gasteiger charge is -2.00. The third-order valence-corrected chi connectivity index (χ3v) is 3.41. The first kappa shape index (κ1) is 12.1. The standard InChI is InChI=1S/C14H11ClFN3/c15-12-9(4-2-5-10(12)16)14-18-11-6-1-3-8(7-17)13(11)19-14/h1-6H,7,17H2,(H,18,19). The fourth-order valence-corrected chi connectivity index (χ4v) is 2.29. The van der Waals surface area contributed by atoms with Gasteiger partial charge in [-0.3, -0.25) is 0 Å². The van der Waals surface area contributed by atoms with Crippen LogP contribution in [-0.4, -0.2) is 9.97 Å². The number of nitrogens with one attached hydrogen (secondary N) is 1. The van der Waals surface area contributed by atoms with Crippen molar-refractivity contribution in [3.63, 3.8) is 0 Å². The molecule has 0 unspecified atom stereocenters. The molecule has 0 fully saturated rings. The van der Waals surface area contributed by atoms with E-state index in [9.17, 15) is 4.39 Å². The zero-order valence-electron chi connectivity index (χ0n) is 9.95. The highest BCUT2D eigenvalue weighted by molar-refractivity contribution is 6.33. The van der Waals surface area contributed by atoms with E-state index in [4.69, 9.17) is 17.3 Å². The van der Waals surface area contributed by atoms with Crippen LogP contribution in [0.4, 0.5) is 4.39 Å². The highest BCUT2D eigenvalue weighted by Crippen LogP contribution is 2.30. The number of hydrogen-bond donors (Lipinski definition) is 2. The summed E-state index contributed by atoms with van der Waals surface area (Å²) in [4.78, 5) is 7.61. The number of hydrogen-bond acceptors (Lipinski definition) is 2. The SMILES string of the molecule is NCc1cccc2[nH]c(-c3cccc(F)c3Cl)nc12. The Hall–Kier alpha value is -1.91. The van der Waals surface area contributed by atoms with E-state index in [-0.39, 0.29) is 5.02 Å². The van der Waals surface area contributed by atoms with Gasteiger partial charge in [0, 0.05) is 12.1 Å². The van der Waals surface area contributed by atoms with Crippen molar-refractivity contribution < 1.29 is 4.39 Å². The Balaban J connectivity index is 2.24. The highest BCUT2D eigenvalue weighted by Gasteiger charge is 2.13. The van der Waals surface area contributed by atoms with Gasteiger partial charge in [0.1, 0.15) is 11.6 Å². The summed E-state index contributed by atoms with van der Waals surface area (Å²) < 4.78 is 13.5. The molecule has 3 aromatic rings. The molecule has 0 aliphatic heterocycles. The Morgan fingerprint density at radius 1 is 1.21 bits per heavy atom. The van der Waals surface area contributed by atoms with Crippen LogP contribution in [0.3, 0.4) is 0 Å². The molecule has 0 aliphatic rings. The summed E-state index contributed by atoms with van der Waals surface area (Å²) in [6, 6.07) is 10.4. The molecule has 1 heterocycles. The summed E-state index contributed by atoms with van der Waals surface area (Å²) >= 11 is 5.97. The minimum Gasteiger partial charge on any atom is -0.338 e. The van der Waals surface area contributed by atoms with Crippen molar-refractivity contribution >= 4 is 22.6 Å². The number of aromatic amines is 1. The third kappa shape index (κ3) is 1.99. The van der Waals surface area contributed by atoms with Gasteiger partial charge in [0.25, 0.3) is 0 Å². The quantitative estimate of drug-likeness (QED) is 0.752. The van der Waals surface area contributed by atoms with E-state index in [1.807, 2.05) is 18.2 Å². The van der Waals surface area contributed by atoms with E-state index in [2.05, 4.69) is 9.97 Å². The number of rotatable bonds is 2. The Morgan fingerprint density at radius 3 is 2.79 bits per heavy atom. The number of benzene rings is 2. The number of fused-ring (bicyclic) bond motifs is 1. The molecule has 0 saturated carbocycles. The van der Waals surface area contributed by atoms with E-state index in [1.54, 1.807) is 12.1 Å². The molecule has 0 amide bonds. The van der Waals surface area contributed by atoms with Gasteiger partial charge in [0.2, 0.25) is 0 Å². The van der Waals surface area contributed by atoms with Crippen LogP contribution in [0.5, 0.6) is 0 Å². The molecule has 2 aromatic carbocycles. The highest BCUT2D eigenvalue weighted by atomic mass is 35.5. The van der Waals surface area contributed by atoms with Crippen molar-refractivity contribution in [3.05, 3.63) is 52.8 Å². The van der Waals surface area contributed by atoms with Crippen LogP contribution in [0.1, 0.15) is 5.56 Å². The zero-order chi connectivity index (χ0) is 13.4. The lowest BCUT2D eigenvalue weighted by molar-refractivity contribution is 0.628. The van der Waals surface area contributed by atoms with E-state index >= 15 is 0 Å². The first-order valence-electron chi connectivity index (χ1n) is 5.83. The van der Waals surface area contributed by atoms with Gasteiger partial charge in [-0.25, -0.2) is 9.37 Å². The zero-order valence-corrected chi connectivity index (χ0v) is 10.7. The first-order valence-corrected chi connectivity index (χ1v) is 6.20. The number of imidazole rings is 1. The van der Waals surface area contributed by atoms with Crippen LogP contribution in [0.15, 0.2) is 36.4 Å². The van der Waals surface area contributed by atoms with E-state index in [1.165, 1.54) is 6.07 Å². The molecule has 3 rings (SSSR count). The van der Waals surface area contributed by atoms with Crippen molar-refractivity contribution in [3.8, 4) is 11.4 Å².